The van der Waals surface area contributed by atoms with Gasteiger partial charge in [-0.05, 0) is 42.9 Å². The van der Waals surface area contributed by atoms with Gasteiger partial charge in [-0.2, -0.15) is 0 Å². The Balaban J connectivity index is 2.09. The summed E-state index contributed by atoms with van der Waals surface area (Å²) in [6, 6.07) is 7.86. The molecule has 0 radical (unpaired) electrons. The van der Waals surface area contributed by atoms with Crippen molar-refractivity contribution in [1.82, 2.24) is 5.32 Å². The van der Waals surface area contributed by atoms with Gasteiger partial charge >= 0.3 is 0 Å². The highest BCUT2D eigenvalue weighted by atomic mass is 16.5. The van der Waals surface area contributed by atoms with Crippen LogP contribution in [0.25, 0.3) is 0 Å². The molecule has 1 atom stereocenters. The number of methoxy groups -OCH3 is 1. The Morgan fingerprint density at radius 1 is 1.35 bits per heavy atom. The van der Waals surface area contributed by atoms with Crippen molar-refractivity contribution in [1.29, 1.82) is 0 Å². The molecule has 1 aliphatic carbocycles. The Morgan fingerprint density at radius 2 is 2.04 bits per heavy atom. The summed E-state index contributed by atoms with van der Waals surface area (Å²) in [5.74, 6) is 1.08. The maximum Gasteiger partial charge on any atom is 0.230 e. The number of aliphatic hydroxyl groups is 1. The average Bonchev–Trinajstić information content (AvgIpc) is 3.05. The predicted octanol–water partition coefficient (Wildman–Crippen LogP) is 3.03. The van der Waals surface area contributed by atoms with Crippen LogP contribution in [0.15, 0.2) is 24.3 Å². The highest BCUT2D eigenvalue weighted by Crippen LogP contribution is 2.42. The minimum absolute atomic E-state index is 0.0826. The molecule has 0 aliphatic heterocycles. The second-order valence-electron chi connectivity index (χ2n) is 6.88. The smallest absolute Gasteiger partial charge is 0.230 e. The van der Waals surface area contributed by atoms with E-state index in [1.165, 1.54) is 0 Å². The van der Waals surface area contributed by atoms with Crippen LogP contribution >= 0.6 is 0 Å². The van der Waals surface area contributed by atoms with Gasteiger partial charge in [-0.3, -0.25) is 4.79 Å². The summed E-state index contributed by atoms with van der Waals surface area (Å²) in [6.07, 6.45) is 4.11. The van der Waals surface area contributed by atoms with Gasteiger partial charge in [-0.25, -0.2) is 0 Å². The third-order valence-corrected chi connectivity index (χ3v) is 5.01. The number of amides is 1. The topological polar surface area (TPSA) is 58.6 Å². The Kier molecular flexibility index (Phi) is 6.05. The number of carbonyl (C=O) groups excluding carboxylic acids is 1. The van der Waals surface area contributed by atoms with E-state index in [0.29, 0.717) is 13.0 Å². The van der Waals surface area contributed by atoms with Crippen molar-refractivity contribution in [2.24, 2.45) is 5.92 Å². The molecule has 0 heterocycles. The van der Waals surface area contributed by atoms with Crippen LogP contribution < -0.4 is 10.1 Å². The molecular weight excluding hydrogens is 290 g/mol. The van der Waals surface area contributed by atoms with Crippen LogP contribution in [0, 0.1) is 5.92 Å². The first kappa shape index (κ1) is 17.8. The van der Waals surface area contributed by atoms with Crippen LogP contribution in [0.2, 0.25) is 0 Å². The summed E-state index contributed by atoms with van der Waals surface area (Å²) >= 11 is 0. The van der Waals surface area contributed by atoms with Crippen LogP contribution in [0.1, 0.15) is 51.5 Å². The number of hydrogen-bond acceptors (Lipinski definition) is 3. The summed E-state index contributed by atoms with van der Waals surface area (Å²) in [5, 5.41) is 12.9. The normalized spacial score (nSPS) is 18.0. The van der Waals surface area contributed by atoms with Crippen molar-refractivity contribution in [2.75, 3.05) is 13.7 Å². The van der Waals surface area contributed by atoms with E-state index in [0.717, 1.165) is 37.0 Å². The molecule has 1 fully saturated rings. The highest BCUT2D eigenvalue weighted by molar-refractivity contribution is 5.88. The average molecular weight is 319 g/mol. The van der Waals surface area contributed by atoms with Gasteiger partial charge in [0.15, 0.2) is 0 Å². The predicted molar refractivity (Wildman–Crippen MR) is 91.6 cm³/mol. The standard InChI is InChI=1S/C19H29NO3/c1-14(2)17(21)9-12-20-18(22)19(10-4-5-11-19)15-7-6-8-16(13-15)23-3/h6-8,13-14,17,21H,4-5,9-12H2,1-3H3,(H,20,22)/t17-/m0/s1. The van der Waals surface area contributed by atoms with Crippen molar-refractivity contribution in [3.05, 3.63) is 29.8 Å². The van der Waals surface area contributed by atoms with E-state index < -0.39 is 5.41 Å². The van der Waals surface area contributed by atoms with Gasteiger partial charge in [0.2, 0.25) is 5.91 Å². The van der Waals surface area contributed by atoms with Crippen molar-refractivity contribution < 1.29 is 14.6 Å². The lowest BCUT2D eigenvalue weighted by molar-refractivity contribution is -0.126. The van der Waals surface area contributed by atoms with Gasteiger partial charge in [-0.1, -0.05) is 38.8 Å². The number of ether oxygens (including phenoxy) is 1. The van der Waals surface area contributed by atoms with Crippen molar-refractivity contribution >= 4 is 5.91 Å². The molecule has 0 aromatic heterocycles. The van der Waals surface area contributed by atoms with E-state index in [-0.39, 0.29) is 17.9 Å². The number of rotatable bonds is 7. The monoisotopic (exact) mass is 319 g/mol. The second kappa shape index (κ2) is 7.82. The molecule has 23 heavy (non-hydrogen) atoms. The number of aliphatic hydroxyl groups excluding tert-OH is 1. The summed E-state index contributed by atoms with van der Waals surface area (Å²) in [7, 11) is 1.65. The summed E-state index contributed by atoms with van der Waals surface area (Å²) in [5.41, 5.74) is 0.591. The first-order chi connectivity index (χ1) is 11.0. The van der Waals surface area contributed by atoms with Gasteiger partial charge in [0, 0.05) is 6.54 Å². The molecule has 1 amide bonds. The lowest BCUT2D eigenvalue weighted by atomic mass is 9.78. The SMILES string of the molecule is COc1cccc(C2(C(=O)NCC[C@H](O)C(C)C)CCCC2)c1. The van der Waals surface area contributed by atoms with E-state index >= 15 is 0 Å². The van der Waals surface area contributed by atoms with E-state index in [4.69, 9.17) is 4.74 Å². The first-order valence-electron chi connectivity index (χ1n) is 8.60. The van der Waals surface area contributed by atoms with Gasteiger partial charge in [0.1, 0.15) is 5.75 Å². The third-order valence-electron chi connectivity index (χ3n) is 5.01. The molecule has 4 nitrogen and oxygen atoms in total. The molecule has 1 saturated carbocycles. The van der Waals surface area contributed by atoms with Crippen LogP contribution in [-0.2, 0) is 10.2 Å². The summed E-state index contributed by atoms with van der Waals surface area (Å²) < 4.78 is 5.31. The molecule has 4 heteroatoms. The number of nitrogens with one attached hydrogen (secondary N) is 1. The zero-order valence-corrected chi connectivity index (χ0v) is 14.5. The lowest BCUT2D eigenvalue weighted by Crippen LogP contribution is -2.43. The zero-order valence-electron chi connectivity index (χ0n) is 14.5. The maximum atomic E-state index is 12.9. The van der Waals surface area contributed by atoms with E-state index in [9.17, 15) is 9.90 Å². The molecule has 0 unspecified atom stereocenters. The Hall–Kier alpha value is -1.55. The van der Waals surface area contributed by atoms with Crippen LogP contribution in [-0.4, -0.2) is 30.8 Å². The number of carbonyl (C=O) groups is 1. The molecule has 2 N–H and O–H groups in total. The Bertz CT molecular complexity index is 521. The molecule has 1 aromatic carbocycles. The van der Waals surface area contributed by atoms with Crippen molar-refractivity contribution in [3.63, 3.8) is 0 Å². The molecule has 1 aromatic rings. The highest BCUT2D eigenvalue weighted by Gasteiger charge is 2.42. The van der Waals surface area contributed by atoms with Gasteiger partial charge in [0.05, 0.1) is 18.6 Å². The fraction of sp³-hybridized carbons (Fsp3) is 0.632. The Morgan fingerprint density at radius 3 is 2.65 bits per heavy atom. The van der Waals surface area contributed by atoms with Crippen molar-refractivity contribution in [2.45, 2.75) is 57.5 Å². The first-order valence-corrected chi connectivity index (χ1v) is 8.60. The van der Waals surface area contributed by atoms with Crippen LogP contribution in [0.5, 0.6) is 5.75 Å². The maximum absolute atomic E-state index is 12.9. The van der Waals surface area contributed by atoms with Crippen LogP contribution in [0.3, 0.4) is 0 Å². The van der Waals surface area contributed by atoms with Gasteiger partial charge in [0.25, 0.3) is 0 Å². The molecule has 0 spiro atoms. The minimum atomic E-state index is -0.447. The zero-order chi connectivity index (χ0) is 16.9. The largest absolute Gasteiger partial charge is 0.497 e. The van der Waals surface area contributed by atoms with Gasteiger partial charge in [-0.15, -0.1) is 0 Å². The second-order valence-corrected chi connectivity index (χ2v) is 6.88. The molecule has 0 saturated heterocycles. The van der Waals surface area contributed by atoms with Crippen molar-refractivity contribution in [3.8, 4) is 5.75 Å². The fourth-order valence-electron chi connectivity index (χ4n) is 3.38. The van der Waals surface area contributed by atoms with Crippen LogP contribution in [0.4, 0.5) is 0 Å². The van der Waals surface area contributed by atoms with E-state index in [1.54, 1.807) is 7.11 Å². The minimum Gasteiger partial charge on any atom is -0.497 e. The lowest BCUT2D eigenvalue weighted by Gasteiger charge is -2.29. The van der Waals surface area contributed by atoms with E-state index in [2.05, 4.69) is 5.32 Å². The quantitative estimate of drug-likeness (QED) is 0.812. The molecule has 0 bridgehead atoms. The third kappa shape index (κ3) is 4.05. The fourth-order valence-corrected chi connectivity index (χ4v) is 3.38. The summed E-state index contributed by atoms with van der Waals surface area (Å²) in [6.45, 7) is 4.49. The molecule has 128 valence electrons. The molecule has 1 aliphatic rings. The molecular formula is C19H29NO3. The Labute approximate surface area is 139 Å². The summed E-state index contributed by atoms with van der Waals surface area (Å²) in [4.78, 5) is 12.9. The van der Waals surface area contributed by atoms with Gasteiger partial charge < -0.3 is 15.2 Å². The number of hydrogen-bond donors (Lipinski definition) is 2. The van der Waals surface area contributed by atoms with E-state index in [1.807, 2.05) is 38.1 Å². The molecule has 2 rings (SSSR count). The number of benzene rings is 1.